The third-order valence-electron chi connectivity index (χ3n) is 5.12. The van der Waals surface area contributed by atoms with Crippen LogP contribution in [-0.4, -0.2) is 46.3 Å². The molecule has 7 heteroatoms. The lowest BCUT2D eigenvalue weighted by Gasteiger charge is -2.31. The molecule has 142 valence electrons. The number of carbonyl (C=O) groups excluding carboxylic acids is 2. The lowest BCUT2D eigenvalue weighted by Crippen LogP contribution is -2.44. The first-order valence-electron chi connectivity index (χ1n) is 9.38. The second kappa shape index (κ2) is 7.42. The second-order valence-electron chi connectivity index (χ2n) is 6.89. The van der Waals surface area contributed by atoms with E-state index >= 15 is 0 Å². The van der Waals surface area contributed by atoms with E-state index in [2.05, 4.69) is 5.10 Å². The van der Waals surface area contributed by atoms with Crippen molar-refractivity contribution >= 4 is 11.9 Å². The molecule has 1 fully saturated rings. The van der Waals surface area contributed by atoms with Gasteiger partial charge in [0, 0.05) is 24.2 Å². The van der Waals surface area contributed by atoms with Crippen molar-refractivity contribution in [1.82, 2.24) is 14.7 Å². The zero-order valence-corrected chi connectivity index (χ0v) is 15.4. The number of hydrogen-bond donors (Lipinski definition) is 0. The lowest BCUT2D eigenvalue weighted by atomic mass is 9.98. The first-order valence-corrected chi connectivity index (χ1v) is 9.38. The Morgan fingerprint density at radius 3 is 3.04 bits per heavy atom. The third-order valence-corrected chi connectivity index (χ3v) is 5.12. The molecule has 0 saturated carbocycles. The quantitative estimate of drug-likeness (QED) is 0.773. The molecule has 2 aromatic rings. The average Bonchev–Trinajstić information content (AvgIpc) is 3.11. The first kappa shape index (κ1) is 17.6. The molecule has 1 aromatic carbocycles. The molecule has 0 radical (unpaired) electrons. The van der Waals surface area contributed by atoms with E-state index in [9.17, 15) is 9.59 Å². The van der Waals surface area contributed by atoms with E-state index in [0.29, 0.717) is 26.3 Å². The minimum Gasteiger partial charge on any atom is -0.488 e. The summed E-state index contributed by atoms with van der Waals surface area (Å²) in [4.78, 5) is 26.6. The number of piperidine rings is 1. The van der Waals surface area contributed by atoms with E-state index in [1.165, 1.54) is 0 Å². The van der Waals surface area contributed by atoms with Gasteiger partial charge in [0.1, 0.15) is 18.9 Å². The summed E-state index contributed by atoms with van der Waals surface area (Å²) in [7, 11) is 0. The van der Waals surface area contributed by atoms with Gasteiger partial charge in [-0.2, -0.15) is 5.10 Å². The highest BCUT2D eigenvalue weighted by Crippen LogP contribution is 2.37. The summed E-state index contributed by atoms with van der Waals surface area (Å²) in [5.74, 6) is 0.333. The Morgan fingerprint density at radius 2 is 2.19 bits per heavy atom. The number of benzene rings is 1. The van der Waals surface area contributed by atoms with E-state index in [1.807, 2.05) is 24.3 Å². The summed E-state index contributed by atoms with van der Waals surface area (Å²) in [5.41, 5.74) is 2.86. The fourth-order valence-corrected chi connectivity index (χ4v) is 3.79. The second-order valence-corrected chi connectivity index (χ2v) is 6.89. The Hall–Kier alpha value is -2.83. The fraction of sp³-hybridized carbons (Fsp3) is 0.450. The molecule has 1 atom stereocenters. The van der Waals surface area contributed by atoms with Crippen LogP contribution >= 0.6 is 0 Å². The minimum atomic E-state index is -0.233. The van der Waals surface area contributed by atoms with E-state index in [0.717, 1.165) is 35.4 Å². The van der Waals surface area contributed by atoms with Crippen LogP contribution in [0.1, 0.15) is 25.3 Å². The van der Waals surface area contributed by atoms with Gasteiger partial charge in [0.25, 0.3) is 0 Å². The number of ether oxygens (including phenoxy) is 2. The molecule has 1 aromatic heterocycles. The third kappa shape index (κ3) is 3.41. The normalized spacial score (nSPS) is 18.3. The SMILES string of the molecule is CCOC(=O)[C@H]1CCCN(C(=O)Cn2ncc3c2-c2ccccc2OC3)C1. The Morgan fingerprint density at radius 1 is 1.33 bits per heavy atom. The molecule has 1 amide bonds. The maximum absolute atomic E-state index is 12.9. The largest absolute Gasteiger partial charge is 0.488 e. The van der Waals surface area contributed by atoms with Crippen molar-refractivity contribution in [1.29, 1.82) is 0 Å². The predicted octanol–water partition coefficient (Wildman–Crippen LogP) is 2.24. The standard InChI is InChI=1S/C20H23N3O4/c1-2-26-20(25)14-6-5-9-22(11-14)18(24)12-23-19-15(10-21-23)13-27-17-8-4-3-7-16(17)19/h3-4,7-8,10,14H,2,5-6,9,11-13H2,1H3/t14-/m0/s1. The maximum atomic E-state index is 12.9. The Kier molecular flexibility index (Phi) is 4.83. The number of hydrogen-bond acceptors (Lipinski definition) is 5. The highest BCUT2D eigenvalue weighted by molar-refractivity contribution is 5.80. The number of rotatable bonds is 4. The zero-order chi connectivity index (χ0) is 18.8. The van der Waals surface area contributed by atoms with E-state index in [4.69, 9.17) is 9.47 Å². The minimum absolute atomic E-state index is 0.0288. The van der Waals surface area contributed by atoms with Gasteiger partial charge >= 0.3 is 5.97 Å². The molecule has 2 aliphatic rings. The molecule has 4 rings (SSSR count). The molecule has 0 bridgehead atoms. The van der Waals surface area contributed by atoms with Gasteiger partial charge < -0.3 is 14.4 Å². The van der Waals surface area contributed by atoms with Gasteiger partial charge in [-0.25, -0.2) is 0 Å². The van der Waals surface area contributed by atoms with Crippen molar-refractivity contribution in [3.63, 3.8) is 0 Å². The van der Waals surface area contributed by atoms with Crippen molar-refractivity contribution < 1.29 is 19.1 Å². The van der Waals surface area contributed by atoms with Crippen molar-refractivity contribution in [2.24, 2.45) is 5.92 Å². The van der Waals surface area contributed by atoms with Gasteiger partial charge in [0.05, 0.1) is 24.4 Å². The highest BCUT2D eigenvalue weighted by atomic mass is 16.5. The van der Waals surface area contributed by atoms with Crippen LogP contribution in [0.5, 0.6) is 5.75 Å². The number of para-hydroxylation sites is 1. The van der Waals surface area contributed by atoms with Crippen LogP contribution in [0.4, 0.5) is 0 Å². The molecular weight excluding hydrogens is 346 g/mol. The summed E-state index contributed by atoms with van der Waals surface area (Å²) in [6.07, 6.45) is 3.34. The predicted molar refractivity (Wildman–Crippen MR) is 97.9 cm³/mol. The Bertz CT molecular complexity index is 861. The number of aromatic nitrogens is 2. The maximum Gasteiger partial charge on any atom is 0.310 e. The van der Waals surface area contributed by atoms with Crippen molar-refractivity contribution in [2.75, 3.05) is 19.7 Å². The van der Waals surface area contributed by atoms with Crippen LogP contribution in [0.3, 0.4) is 0 Å². The first-order chi connectivity index (χ1) is 13.2. The molecule has 3 heterocycles. The monoisotopic (exact) mass is 369 g/mol. The number of fused-ring (bicyclic) bond motifs is 3. The van der Waals surface area contributed by atoms with Gasteiger partial charge in [-0.1, -0.05) is 12.1 Å². The summed E-state index contributed by atoms with van der Waals surface area (Å²) < 4.78 is 12.6. The van der Waals surface area contributed by atoms with Crippen LogP contribution in [-0.2, 0) is 27.5 Å². The molecule has 1 saturated heterocycles. The van der Waals surface area contributed by atoms with Gasteiger partial charge in [-0.15, -0.1) is 0 Å². The highest BCUT2D eigenvalue weighted by Gasteiger charge is 2.30. The van der Waals surface area contributed by atoms with Crippen molar-refractivity contribution in [3.05, 3.63) is 36.0 Å². The lowest BCUT2D eigenvalue weighted by molar-refractivity contribution is -0.151. The average molecular weight is 369 g/mol. The van der Waals surface area contributed by atoms with Crippen LogP contribution in [0.25, 0.3) is 11.3 Å². The molecule has 7 nitrogen and oxygen atoms in total. The molecule has 0 unspecified atom stereocenters. The Labute approximate surface area is 157 Å². The fourth-order valence-electron chi connectivity index (χ4n) is 3.79. The van der Waals surface area contributed by atoms with Gasteiger partial charge in [-0.3, -0.25) is 14.3 Å². The molecule has 0 N–H and O–H groups in total. The number of esters is 1. The van der Waals surface area contributed by atoms with Gasteiger partial charge in [0.2, 0.25) is 5.91 Å². The van der Waals surface area contributed by atoms with Crippen LogP contribution in [0, 0.1) is 5.92 Å². The number of nitrogens with zero attached hydrogens (tertiary/aromatic N) is 3. The van der Waals surface area contributed by atoms with Crippen LogP contribution < -0.4 is 4.74 Å². The topological polar surface area (TPSA) is 73.7 Å². The molecular formula is C20H23N3O4. The van der Waals surface area contributed by atoms with Gasteiger partial charge in [0.15, 0.2) is 0 Å². The number of carbonyl (C=O) groups is 2. The van der Waals surface area contributed by atoms with E-state index in [1.54, 1.807) is 22.7 Å². The summed E-state index contributed by atoms with van der Waals surface area (Å²) >= 11 is 0. The van der Waals surface area contributed by atoms with Crippen LogP contribution in [0.15, 0.2) is 30.5 Å². The van der Waals surface area contributed by atoms with Gasteiger partial charge in [-0.05, 0) is 31.9 Å². The van der Waals surface area contributed by atoms with E-state index in [-0.39, 0.29) is 24.3 Å². The smallest absolute Gasteiger partial charge is 0.310 e. The molecule has 2 aliphatic heterocycles. The zero-order valence-electron chi connectivity index (χ0n) is 15.4. The Balaban J connectivity index is 1.50. The van der Waals surface area contributed by atoms with Crippen molar-refractivity contribution in [2.45, 2.75) is 32.9 Å². The molecule has 0 spiro atoms. The van der Waals surface area contributed by atoms with Crippen molar-refractivity contribution in [3.8, 4) is 17.0 Å². The van der Waals surface area contributed by atoms with Crippen LogP contribution in [0.2, 0.25) is 0 Å². The summed E-state index contributed by atoms with van der Waals surface area (Å²) in [6, 6.07) is 7.78. The number of amides is 1. The number of likely N-dealkylation sites (tertiary alicyclic amines) is 1. The summed E-state index contributed by atoms with van der Waals surface area (Å²) in [5, 5.41) is 4.41. The summed E-state index contributed by atoms with van der Waals surface area (Å²) in [6.45, 7) is 3.85. The molecule has 0 aliphatic carbocycles. The molecule has 27 heavy (non-hydrogen) atoms. The van der Waals surface area contributed by atoms with E-state index < -0.39 is 0 Å².